The van der Waals surface area contributed by atoms with Crippen LogP contribution in [0.2, 0.25) is 0 Å². The van der Waals surface area contributed by atoms with Gasteiger partial charge in [0.1, 0.15) is 6.26 Å². The van der Waals surface area contributed by atoms with Crippen molar-refractivity contribution in [3.05, 3.63) is 66.2 Å². The quantitative estimate of drug-likeness (QED) is 0.461. The summed E-state index contributed by atoms with van der Waals surface area (Å²) >= 11 is 0. The SMILES string of the molecule is CCNC(=NCc1ccnc(OCC)c1)NCc1coc(-c2ccccc2)n1. The van der Waals surface area contributed by atoms with Crippen LogP contribution in [-0.4, -0.2) is 29.1 Å². The number of nitrogens with one attached hydrogen (secondary N) is 2. The lowest BCUT2D eigenvalue weighted by Gasteiger charge is -2.10. The van der Waals surface area contributed by atoms with E-state index in [1.54, 1.807) is 12.5 Å². The number of hydrogen-bond donors (Lipinski definition) is 2. The number of pyridine rings is 1. The molecule has 0 aliphatic rings. The minimum Gasteiger partial charge on any atom is -0.478 e. The molecule has 0 unspecified atom stereocenters. The van der Waals surface area contributed by atoms with E-state index >= 15 is 0 Å². The summed E-state index contributed by atoms with van der Waals surface area (Å²) in [7, 11) is 0. The molecular formula is C21H25N5O2. The molecule has 2 aromatic heterocycles. The van der Waals surface area contributed by atoms with Crippen LogP contribution in [0.3, 0.4) is 0 Å². The molecule has 0 saturated carbocycles. The van der Waals surface area contributed by atoms with Crippen LogP contribution in [0.4, 0.5) is 0 Å². The molecule has 0 saturated heterocycles. The number of rotatable bonds is 8. The molecule has 0 aliphatic heterocycles. The summed E-state index contributed by atoms with van der Waals surface area (Å²) in [5, 5.41) is 6.52. The Morgan fingerprint density at radius 3 is 2.79 bits per heavy atom. The van der Waals surface area contributed by atoms with Crippen molar-refractivity contribution in [2.45, 2.75) is 26.9 Å². The zero-order valence-corrected chi connectivity index (χ0v) is 16.2. The molecule has 0 aliphatic carbocycles. The first-order valence-electron chi connectivity index (χ1n) is 9.38. The van der Waals surface area contributed by atoms with Crippen LogP contribution in [0.25, 0.3) is 11.5 Å². The van der Waals surface area contributed by atoms with E-state index in [1.807, 2.05) is 56.3 Å². The van der Waals surface area contributed by atoms with Crippen LogP contribution in [0.5, 0.6) is 5.88 Å². The van der Waals surface area contributed by atoms with Gasteiger partial charge in [0.2, 0.25) is 11.8 Å². The molecule has 7 nitrogen and oxygen atoms in total. The van der Waals surface area contributed by atoms with Gasteiger partial charge in [-0.2, -0.15) is 0 Å². The van der Waals surface area contributed by atoms with E-state index in [0.717, 1.165) is 23.4 Å². The number of aromatic nitrogens is 2. The number of benzene rings is 1. The molecule has 0 bridgehead atoms. The fourth-order valence-corrected chi connectivity index (χ4v) is 2.56. The molecule has 0 radical (unpaired) electrons. The average molecular weight is 379 g/mol. The summed E-state index contributed by atoms with van der Waals surface area (Å²) in [6.45, 7) is 6.36. The van der Waals surface area contributed by atoms with Gasteiger partial charge in [-0.25, -0.2) is 15.0 Å². The van der Waals surface area contributed by atoms with Gasteiger partial charge < -0.3 is 19.8 Å². The second-order valence-electron chi connectivity index (χ2n) is 5.99. The zero-order valence-electron chi connectivity index (χ0n) is 16.2. The Morgan fingerprint density at radius 1 is 1.14 bits per heavy atom. The first-order chi connectivity index (χ1) is 13.8. The lowest BCUT2D eigenvalue weighted by molar-refractivity contribution is 0.326. The van der Waals surface area contributed by atoms with Gasteiger partial charge >= 0.3 is 0 Å². The Bertz CT molecular complexity index is 893. The van der Waals surface area contributed by atoms with E-state index in [-0.39, 0.29) is 0 Å². The third-order valence-electron chi connectivity index (χ3n) is 3.86. The van der Waals surface area contributed by atoms with Gasteiger partial charge in [0.15, 0.2) is 5.96 Å². The van der Waals surface area contributed by atoms with Crippen molar-refractivity contribution < 1.29 is 9.15 Å². The summed E-state index contributed by atoms with van der Waals surface area (Å²) < 4.78 is 11.0. The van der Waals surface area contributed by atoms with E-state index in [2.05, 4.69) is 25.6 Å². The van der Waals surface area contributed by atoms with Crippen molar-refractivity contribution in [3.63, 3.8) is 0 Å². The maximum absolute atomic E-state index is 5.58. The highest BCUT2D eigenvalue weighted by atomic mass is 16.5. The number of guanidine groups is 1. The average Bonchev–Trinajstić information content (AvgIpc) is 3.20. The highest BCUT2D eigenvalue weighted by molar-refractivity contribution is 5.79. The molecule has 146 valence electrons. The fraction of sp³-hybridized carbons (Fsp3) is 0.286. The molecule has 0 amide bonds. The molecule has 7 heteroatoms. The Morgan fingerprint density at radius 2 is 2.00 bits per heavy atom. The molecule has 3 rings (SSSR count). The van der Waals surface area contributed by atoms with E-state index in [0.29, 0.717) is 37.4 Å². The summed E-state index contributed by atoms with van der Waals surface area (Å²) in [5.41, 5.74) is 2.80. The second-order valence-corrected chi connectivity index (χ2v) is 5.99. The van der Waals surface area contributed by atoms with Crippen molar-refractivity contribution in [2.24, 2.45) is 4.99 Å². The van der Waals surface area contributed by atoms with Gasteiger partial charge in [0, 0.05) is 24.4 Å². The number of nitrogens with zero attached hydrogens (tertiary/aromatic N) is 3. The third-order valence-corrected chi connectivity index (χ3v) is 3.86. The van der Waals surface area contributed by atoms with Gasteiger partial charge in [0.05, 0.1) is 25.4 Å². The van der Waals surface area contributed by atoms with Gasteiger partial charge in [-0.15, -0.1) is 0 Å². The normalized spacial score (nSPS) is 11.3. The van der Waals surface area contributed by atoms with Gasteiger partial charge in [-0.1, -0.05) is 18.2 Å². The molecule has 0 atom stereocenters. The van der Waals surface area contributed by atoms with Crippen LogP contribution in [0.1, 0.15) is 25.1 Å². The Kier molecular flexibility index (Phi) is 7.01. The summed E-state index contributed by atoms with van der Waals surface area (Å²) in [6, 6.07) is 13.7. The maximum Gasteiger partial charge on any atom is 0.226 e. The number of hydrogen-bond acceptors (Lipinski definition) is 5. The van der Waals surface area contributed by atoms with Crippen molar-refractivity contribution >= 4 is 5.96 Å². The molecule has 2 heterocycles. The van der Waals surface area contributed by atoms with Crippen molar-refractivity contribution in [2.75, 3.05) is 13.2 Å². The highest BCUT2D eigenvalue weighted by Gasteiger charge is 2.07. The summed E-state index contributed by atoms with van der Waals surface area (Å²) in [6.07, 6.45) is 3.40. The topological polar surface area (TPSA) is 84.6 Å². The second kappa shape index (κ2) is 10.1. The highest BCUT2D eigenvalue weighted by Crippen LogP contribution is 2.17. The summed E-state index contributed by atoms with van der Waals surface area (Å²) in [4.78, 5) is 13.3. The van der Waals surface area contributed by atoms with Crippen molar-refractivity contribution in [3.8, 4) is 17.3 Å². The van der Waals surface area contributed by atoms with Gasteiger partial charge in [-0.3, -0.25) is 0 Å². The lowest BCUT2D eigenvalue weighted by Crippen LogP contribution is -2.36. The minimum absolute atomic E-state index is 0.517. The number of aliphatic imine (C=N–C) groups is 1. The van der Waals surface area contributed by atoms with Crippen LogP contribution in [-0.2, 0) is 13.1 Å². The van der Waals surface area contributed by atoms with Crippen LogP contribution in [0, 0.1) is 0 Å². The Labute approximate surface area is 164 Å². The predicted octanol–water partition coefficient (Wildman–Crippen LogP) is 3.39. The fourth-order valence-electron chi connectivity index (χ4n) is 2.56. The number of oxazole rings is 1. The lowest BCUT2D eigenvalue weighted by atomic mass is 10.2. The standard InChI is InChI=1S/C21H25N5O2/c1-3-22-21(24-13-16-10-11-23-19(12-16)27-4-2)25-14-18-15-28-20(26-18)17-8-6-5-7-9-17/h5-12,15H,3-4,13-14H2,1-2H3,(H2,22,24,25). The molecule has 3 aromatic rings. The first-order valence-corrected chi connectivity index (χ1v) is 9.38. The maximum atomic E-state index is 5.58. The van der Waals surface area contributed by atoms with Gasteiger partial charge in [-0.05, 0) is 37.6 Å². The van der Waals surface area contributed by atoms with E-state index in [4.69, 9.17) is 9.15 Å². The Balaban J connectivity index is 1.61. The molecule has 28 heavy (non-hydrogen) atoms. The molecule has 2 N–H and O–H groups in total. The van der Waals surface area contributed by atoms with Gasteiger partial charge in [0.25, 0.3) is 0 Å². The third kappa shape index (κ3) is 5.57. The molecule has 0 spiro atoms. The molecule has 0 fully saturated rings. The summed E-state index contributed by atoms with van der Waals surface area (Å²) in [5.74, 6) is 1.94. The van der Waals surface area contributed by atoms with Crippen molar-refractivity contribution in [1.82, 2.24) is 20.6 Å². The van der Waals surface area contributed by atoms with E-state index in [1.165, 1.54) is 0 Å². The van der Waals surface area contributed by atoms with E-state index < -0.39 is 0 Å². The number of ether oxygens (including phenoxy) is 1. The first kappa shape index (κ1) is 19.4. The van der Waals surface area contributed by atoms with Crippen molar-refractivity contribution in [1.29, 1.82) is 0 Å². The van der Waals surface area contributed by atoms with E-state index in [9.17, 15) is 0 Å². The Hall–Kier alpha value is -3.35. The zero-order chi connectivity index (χ0) is 19.6. The van der Waals surface area contributed by atoms with Crippen LogP contribution >= 0.6 is 0 Å². The minimum atomic E-state index is 0.517. The largest absolute Gasteiger partial charge is 0.478 e. The predicted molar refractivity (Wildman–Crippen MR) is 109 cm³/mol. The molecule has 1 aromatic carbocycles. The van der Waals surface area contributed by atoms with Crippen LogP contribution < -0.4 is 15.4 Å². The molecular weight excluding hydrogens is 354 g/mol. The monoisotopic (exact) mass is 379 g/mol. The smallest absolute Gasteiger partial charge is 0.226 e. The van der Waals surface area contributed by atoms with Crippen LogP contribution in [0.15, 0.2) is 64.3 Å².